The van der Waals surface area contributed by atoms with Crippen LogP contribution in [0, 0.1) is 6.92 Å². The number of amides is 1. The average molecular weight is 380 g/mol. The molecule has 2 saturated heterocycles. The molecule has 2 atom stereocenters. The molecule has 3 aliphatic rings. The van der Waals surface area contributed by atoms with Crippen LogP contribution in [0.2, 0.25) is 0 Å². The Hall–Kier alpha value is -1.67. The number of likely N-dealkylation sites (N-methyl/N-ethyl adjacent to an activating group) is 1. The van der Waals surface area contributed by atoms with Crippen molar-refractivity contribution in [2.24, 2.45) is 0 Å². The van der Waals surface area contributed by atoms with E-state index in [0.29, 0.717) is 48.6 Å². The van der Waals surface area contributed by atoms with Crippen molar-refractivity contribution in [3.8, 4) is 0 Å². The van der Waals surface area contributed by atoms with E-state index in [1.165, 1.54) is 0 Å². The van der Waals surface area contributed by atoms with Gasteiger partial charge in [-0.1, -0.05) is 6.92 Å². The predicted molar refractivity (Wildman–Crippen MR) is 95.2 cm³/mol. The number of sulfone groups is 1. The molecule has 7 nitrogen and oxygen atoms in total. The van der Waals surface area contributed by atoms with Crippen molar-refractivity contribution in [3.05, 3.63) is 22.6 Å². The molecule has 0 aromatic carbocycles. The van der Waals surface area contributed by atoms with Crippen LogP contribution in [0.3, 0.4) is 0 Å². The van der Waals surface area contributed by atoms with Crippen LogP contribution in [-0.4, -0.2) is 73.1 Å². The molecule has 0 spiro atoms. The van der Waals surface area contributed by atoms with E-state index in [0.717, 1.165) is 13.0 Å². The van der Waals surface area contributed by atoms with E-state index < -0.39 is 9.84 Å². The minimum Gasteiger partial charge on any atom is -0.465 e. The van der Waals surface area contributed by atoms with Crippen molar-refractivity contribution < 1.29 is 22.4 Å². The van der Waals surface area contributed by atoms with Gasteiger partial charge in [-0.25, -0.2) is 8.42 Å². The molecule has 2 aliphatic heterocycles. The van der Waals surface area contributed by atoms with Gasteiger partial charge in [0.1, 0.15) is 11.5 Å². The van der Waals surface area contributed by atoms with Crippen LogP contribution >= 0.6 is 0 Å². The molecule has 3 heterocycles. The standard InChI is InChI=1S/C18H24N2O5S/c1-3-19-7-8-20(13-10-26(23,24)9-12(13)19)18(22)16-11(2)25-15-6-4-5-14(21)17(15)16/h12-13H,3-10H2,1-2H3. The van der Waals surface area contributed by atoms with Crippen LogP contribution in [0.1, 0.15) is 52.0 Å². The normalized spacial score (nSPS) is 28.1. The van der Waals surface area contributed by atoms with E-state index in [9.17, 15) is 18.0 Å². The summed E-state index contributed by atoms with van der Waals surface area (Å²) in [5.41, 5.74) is 0.770. The maximum absolute atomic E-state index is 13.3. The molecule has 1 aromatic rings. The van der Waals surface area contributed by atoms with E-state index in [-0.39, 0.29) is 35.3 Å². The van der Waals surface area contributed by atoms with Gasteiger partial charge in [0, 0.05) is 32.0 Å². The zero-order valence-electron chi connectivity index (χ0n) is 15.2. The van der Waals surface area contributed by atoms with Crippen molar-refractivity contribution in [1.82, 2.24) is 9.80 Å². The summed E-state index contributed by atoms with van der Waals surface area (Å²) in [5, 5.41) is 0. The quantitative estimate of drug-likeness (QED) is 0.762. The van der Waals surface area contributed by atoms with Gasteiger partial charge in [-0.15, -0.1) is 0 Å². The molecule has 8 heteroatoms. The van der Waals surface area contributed by atoms with Gasteiger partial charge in [-0.3, -0.25) is 14.5 Å². The summed E-state index contributed by atoms with van der Waals surface area (Å²) in [6, 6.07) is -0.522. The number of hydrogen-bond acceptors (Lipinski definition) is 6. The van der Waals surface area contributed by atoms with Crippen LogP contribution in [0.25, 0.3) is 0 Å². The molecule has 1 amide bonds. The molecule has 1 aromatic heterocycles. The lowest BCUT2D eigenvalue weighted by atomic mass is 9.92. The maximum atomic E-state index is 13.3. The highest BCUT2D eigenvalue weighted by molar-refractivity contribution is 7.91. The second-order valence-electron chi connectivity index (χ2n) is 7.45. The maximum Gasteiger partial charge on any atom is 0.258 e. The molecule has 4 rings (SSSR count). The number of nitrogens with zero attached hydrogens (tertiary/aromatic N) is 2. The van der Waals surface area contributed by atoms with E-state index >= 15 is 0 Å². The smallest absolute Gasteiger partial charge is 0.258 e. The third-order valence-electron chi connectivity index (χ3n) is 5.92. The summed E-state index contributed by atoms with van der Waals surface area (Å²) >= 11 is 0. The van der Waals surface area contributed by atoms with Gasteiger partial charge in [0.2, 0.25) is 0 Å². The zero-order valence-corrected chi connectivity index (χ0v) is 16.0. The molecule has 0 N–H and O–H groups in total. The van der Waals surface area contributed by atoms with Crippen molar-refractivity contribution in [3.63, 3.8) is 0 Å². The fourth-order valence-electron chi connectivity index (χ4n) is 4.68. The molecule has 0 radical (unpaired) electrons. The monoisotopic (exact) mass is 380 g/mol. The highest BCUT2D eigenvalue weighted by atomic mass is 32.2. The Morgan fingerprint density at radius 1 is 1.19 bits per heavy atom. The molecule has 1 aliphatic carbocycles. The van der Waals surface area contributed by atoms with Gasteiger partial charge in [0.25, 0.3) is 5.91 Å². The molecular weight excluding hydrogens is 356 g/mol. The van der Waals surface area contributed by atoms with Crippen LogP contribution in [0.15, 0.2) is 4.42 Å². The molecule has 26 heavy (non-hydrogen) atoms. The van der Waals surface area contributed by atoms with Crippen LogP contribution in [-0.2, 0) is 16.3 Å². The number of carbonyl (C=O) groups is 2. The second kappa shape index (κ2) is 6.20. The Morgan fingerprint density at radius 2 is 1.92 bits per heavy atom. The van der Waals surface area contributed by atoms with Gasteiger partial charge < -0.3 is 9.32 Å². The number of aryl methyl sites for hydroxylation is 2. The minimum absolute atomic E-state index is 0.00700. The predicted octanol–water partition coefficient (Wildman–Crippen LogP) is 1.05. The number of piperazine rings is 1. The fourth-order valence-corrected chi connectivity index (χ4v) is 6.69. The van der Waals surface area contributed by atoms with Crippen molar-refractivity contribution in [2.75, 3.05) is 31.1 Å². The Balaban J connectivity index is 1.71. The zero-order chi connectivity index (χ0) is 18.6. The Bertz CT molecular complexity index is 872. The molecule has 0 saturated carbocycles. The topological polar surface area (TPSA) is 87.9 Å². The van der Waals surface area contributed by atoms with Crippen molar-refractivity contribution >= 4 is 21.5 Å². The average Bonchev–Trinajstić information content (AvgIpc) is 3.09. The number of Topliss-reactive ketones (excluding diaryl/α,β-unsaturated/α-hetero) is 1. The first-order valence-electron chi connectivity index (χ1n) is 9.23. The van der Waals surface area contributed by atoms with Gasteiger partial charge in [-0.05, 0) is 19.9 Å². The Morgan fingerprint density at radius 3 is 2.65 bits per heavy atom. The molecule has 2 fully saturated rings. The van der Waals surface area contributed by atoms with E-state index in [1.54, 1.807) is 11.8 Å². The lowest BCUT2D eigenvalue weighted by Gasteiger charge is -2.43. The fraction of sp³-hybridized carbons (Fsp3) is 0.667. The van der Waals surface area contributed by atoms with Crippen molar-refractivity contribution in [2.45, 2.75) is 45.2 Å². The molecule has 2 unspecified atom stereocenters. The van der Waals surface area contributed by atoms with Crippen molar-refractivity contribution in [1.29, 1.82) is 0 Å². The molecule has 0 bridgehead atoms. The number of rotatable bonds is 2. The first kappa shape index (κ1) is 17.7. The van der Waals surface area contributed by atoms with E-state index in [1.807, 2.05) is 6.92 Å². The number of carbonyl (C=O) groups excluding carboxylic acids is 2. The SMILES string of the molecule is CCN1CCN(C(=O)c2c(C)oc3c2C(=O)CCC3)C2CS(=O)(=O)CC21. The first-order chi connectivity index (χ1) is 12.3. The van der Waals surface area contributed by atoms with Crippen LogP contribution in [0.5, 0.6) is 0 Å². The molecular formula is C18H24N2O5S. The van der Waals surface area contributed by atoms with Gasteiger partial charge in [-0.2, -0.15) is 0 Å². The van der Waals surface area contributed by atoms with Crippen LogP contribution in [0.4, 0.5) is 0 Å². The number of fused-ring (bicyclic) bond motifs is 2. The summed E-state index contributed by atoms with van der Waals surface area (Å²) in [6.45, 7) is 5.60. The number of furan rings is 1. The van der Waals surface area contributed by atoms with E-state index in [2.05, 4.69) is 4.90 Å². The third-order valence-corrected chi connectivity index (χ3v) is 7.61. The Kier molecular flexibility index (Phi) is 4.23. The summed E-state index contributed by atoms with van der Waals surface area (Å²) in [7, 11) is -3.17. The van der Waals surface area contributed by atoms with Gasteiger partial charge >= 0.3 is 0 Å². The Labute approximate surface area is 153 Å². The summed E-state index contributed by atoms with van der Waals surface area (Å²) in [6.07, 6.45) is 1.83. The highest BCUT2D eigenvalue weighted by Gasteiger charge is 2.48. The minimum atomic E-state index is -3.17. The van der Waals surface area contributed by atoms with Gasteiger partial charge in [0.05, 0.1) is 28.7 Å². The third kappa shape index (κ3) is 2.70. The summed E-state index contributed by atoms with van der Waals surface area (Å²) < 4.78 is 30.2. The first-order valence-corrected chi connectivity index (χ1v) is 11.1. The van der Waals surface area contributed by atoms with Gasteiger partial charge in [0.15, 0.2) is 15.6 Å². The highest BCUT2D eigenvalue weighted by Crippen LogP contribution is 2.33. The lowest BCUT2D eigenvalue weighted by Crippen LogP contribution is -2.60. The summed E-state index contributed by atoms with van der Waals surface area (Å²) in [5.74, 6) is 0.846. The number of hydrogen-bond donors (Lipinski definition) is 0. The largest absolute Gasteiger partial charge is 0.465 e. The van der Waals surface area contributed by atoms with E-state index in [4.69, 9.17) is 4.42 Å². The number of ketones is 1. The van der Waals surface area contributed by atoms with Crippen LogP contribution < -0.4 is 0 Å². The summed E-state index contributed by atoms with van der Waals surface area (Å²) in [4.78, 5) is 29.6. The lowest BCUT2D eigenvalue weighted by molar-refractivity contribution is 0.0346. The molecule has 142 valence electrons. The second-order valence-corrected chi connectivity index (χ2v) is 9.60.